The molecule has 0 aliphatic rings. The van der Waals surface area contributed by atoms with Crippen LogP contribution in [0, 0.1) is 0 Å². The predicted octanol–water partition coefficient (Wildman–Crippen LogP) is 1.08. The van der Waals surface area contributed by atoms with Crippen LogP contribution >= 0.6 is 0 Å². The summed E-state index contributed by atoms with van der Waals surface area (Å²) in [6.07, 6.45) is -0.612. The van der Waals surface area contributed by atoms with Gasteiger partial charge in [-0.15, -0.1) is 0 Å². The van der Waals surface area contributed by atoms with Gasteiger partial charge in [-0.05, 0) is 6.42 Å². The zero-order valence-corrected chi connectivity index (χ0v) is 8.41. The fourth-order valence-electron chi connectivity index (χ4n) is 1.19. The molecule has 4 N–H and O–H groups in total. The Kier molecular flexibility index (Phi) is 4.76. The molecule has 2 amide bonds. The second kappa shape index (κ2) is 5.31. The highest BCUT2D eigenvalue weighted by atomic mass is 16.7. The van der Waals surface area contributed by atoms with Gasteiger partial charge in [-0.1, -0.05) is 13.8 Å². The summed E-state index contributed by atoms with van der Waals surface area (Å²) in [5.41, 5.74) is 9.73. The van der Waals surface area contributed by atoms with Crippen LogP contribution in [0.3, 0.4) is 0 Å². The molecule has 0 aromatic heterocycles. The number of ether oxygens (including phenoxy) is 2. The van der Waals surface area contributed by atoms with E-state index >= 15 is 0 Å². The highest BCUT2D eigenvalue weighted by Gasteiger charge is 2.34. The minimum atomic E-state index is -1.31. The van der Waals surface area contributed by atoms with Crippen LogP contribution in [-0.2, 0) is 9.47 Å². The number of carbonyl (C=O) groups is 2. The molecule has 0 fully saturated rings. The Morgan fingerprint density at radius 1 is 1.14 bits per heavy atom. The highest BCUT2D eigenvalue weighted by molar-refractivity contribution is 5.67. The second-order valence-electron chi connectivity index (χ2n) is 2.86. The number of hydrogen-bond donors (Lipinski definition) is 2. The van der Waals surface area contributed by atoms with E-state index in [1.54, 1.807) is 6.92 Å². The van der Waals surface area contributed by atoms with Crippen molar-refractivity contribution in [1.82, 2.24) is 0 Å². The second-order valence-corrected chi connectivity index (χ2v) is 2.86. The largest absolute Gasteiger partial charge is 0.407 e. The Morgan fingerprint density at radius 3 is 1.79 bits per heavy atom. The zero-order valence-electron chi connectivity index (χ0n) is 8.41. The van der Waals surface area contributed by atoms with Crippen LogP contribution in [0.5, 0.6) is 0 Å². The van der Waals surface area contributed by atoms with E-state index in [4.69, 9.17) is 20.9 Å². The van der Waals surface area contributed by atoms with Crippen molar-refractivity contribution in [2.24, 2.45) is 11.5 Å². The van der Waals surface area contributed by atoms with Gasteiger partial charge in [0.15, 0.2) is 0 Å². The molecule has 0 aliphatic heterocycles. The molecule has 0 aromatic carbocycles. The molecule has 0 radical (unpaired) electrons. The SMILES string of the molecule is CCCC(CC)(OC(N)=O)OC(N)=O. The van der Waals surface area contributed by atoms with Gasteiger partial charge in [0.2, 0.25) is 0 Å². The first kappa shape index (κ1) is 12.5. The van der Waals surface area contributed by atoms with Gasteiger partial charge in [0.1, 0.15) is 0 Å². The quantitative estimate of drug-likeness (QED) is 0.653. The van der Waals surface area contributed by atoms with Crippen LogP contribution in [0.4, 0.5) is 9.59 Å². The summed E-state index contributed by atoms with van der Waals surface area (Å²) in [6, 6.07) is 0. The maximum atomic E-state index is 10.6. The molecule has 82 valence electrons. The van der Waals surface area contributed by atoms with Crippen molar-refractivity contribution in [3.8, 4) is 0 Å². The van der Waals surface area contributed by atoms with Crippen LogP contribution in [0.15, 0.2) is 0 Å². The van der Waals surface area contributed by atoms with Crippen molar-refractivity contribution in [3.63, 3.8) is 0 Å². The fraction of sp³-hybridized carbons (Fsp3) is 0.750. The van der Waals surface area contributed by atoms with E-state index in [0.29, 0.717) is 19.3 Å². The van der Waals surface area contributed by atoms with Gasteiger partial charge >= 0.3 is 12.2 Å². The number of carbonyl (C=O) groups excluding carboxylic acids is 2. The Hall–Kier alpha value is -1.46. The third-order valence-corrected chi connectivity index (χ3v) is 1.74. The van der Waals surface area contributed by atoms with Crippen LogP contribution in [0.1, 0.15) is 33.1 Å². The molecule has 0 heterocycles. The standard InChI is InChI=1S/C8H16N2O4/c1-3-5-8(4-2,13-6(9)11)14-7(10)12/h3-5H2,1-2H3,(H2,9,11)(H2,10,12). The van der Waals surface area contributed by atoms with Crippen molar-refractivity contribution in [1.29, 1.82) is 0 Å². The van der Waals surface area contributed by atoms with E-state index in [0.717, 1.165) is 0 Å². The lowest BCUT2D eigenvalue weighted by Gasteiger charge is -2.29. The van der Waals surface area contributed by atoms with Gasteiger partial charge in [-0.3, -0.25) is 0 Å². The topological polar surface area (TPSA) is 105 Å². The summed E-state index contributed by atoms with van der Waals surface area (Å²) < 4.78 is 9.51. The van der Waals surface area contributed by atoms with E-state index in [1.165, 1.54) is 0 Å². The van der Waals surface area contributed by atoms with Crippen molar-refractivity contribution in [3.05, 3.63) is 0 Å². The molecule has 0 saturated carbocycles. The fourth-order valence-corrected chi connectivity index (χ4v) is 1.19. The van der Waals surface area contributed by atoms with E-state index in [2.05, 4.69) is 0 Å². The number of hydrogen-bond acceptors (Lipinski definition) is 4. The molecule has 0 bridgehead atoms. The van der Waals surface area contributed by atoms with Gasteiger partial charge in [0, 0.05) is 12.8 Å². The Bertz CT molecular complexity index is 201. The molecule has 0 spiro atoms. The third-order valence-electron chi connectivity index (χ3n) is 1.74. The number of nitrogens with two attached hydrogens (primary N) is 2. The summed E-state index contributed by atoms with van der Waals surface area (Å²) in [7, 11) is 0. The van der Waals surface area contributed by atoms with Gasteiger partial charge in [-0.25, -0.2) is 9.59 Å². The maximum absolute atomic E-state index is 10.6. The molecule has 0 atom stereocenters. The van der Waals surface area contributed by atoms with Crippen molar-refractivity contribution in [2.45, 2.75) is 38.9 Å². The van der Waals surface area contributed by atoms with Gasteiger partial charge < -0.3 is 20.9 Å². The lowest BCUT2D eigenvalue weighted by Crippen LogP contribution is -2.42. The summed E-state index contributed by atoms with van der Waals surface area (Å²) in [5.74, 6) is -1.31. The molecule has 0 saturated heterocycles. The summed E-state index contributed by atoms with van der Waals surface area (Å²) in [5, 5.41) is 0. The maximum Gasteiger partial charge on any atom is 0.407 e. The zero-order chi connectivity index (χ0) is 11.2. The molecule has 0 rings (SSSR count). The van der Waals surface area contributed by atoms with Crippen LogP contribution in [-0.4, -0.2) is 18.0 Å². The molecule has 0 unspecified atom stereocenters. The normalized spacial score (nSPS) is 10.7. The Balaban J connectivity index is 4.58. The van der Waals surface area contributed by atoms with E-state index in [1.807, 2.05) is 6.92 Å². The molecule has 6 nitrogen and oxygen atoms in total. The first-order valence-electron chi connectivity index (χ1n) is 4.42. The highest BCUT2D eigenvalue weighted by Crippen LogP contribution is 2.24. The number of rotatable bonds is 5. The summed E-state index contributed by atoms with van der Waals surface area (Å²) in [6.45, 7) is 3.57. The van der Waals surface area contributed by atoms with Gasteiger partial charge in [0.25, 0.3) is 5.79 Å². The van der Waals surface area contributed by atoms with Crippen LogP contribution < -0.4 is 11.5 Å². The average molecular weight is 204 g/mol. The van der Waals surface area contributed by atoms with Crippen LogP contribution in [0.2, 0.25) is 0 Å². The van der Waals surface area contributed by atoms with Crippen molar-refractivity contribution >= 4 is 12.2 Å². The van der Waals surface area contributed by atoms with Crippen molar-refractivity contribution in [2.75, 3.05) is 0 Å². The van der Waals surface area contributed by atoms with E-state index in [9.17, 15) is 9.59 Å². The van der Waals surface area contributed by atoms with Gasteiger partial charge in [0.05, 0.1) is 0 Å². The first-order valence-corrected chi connectivity index (χ1v) is 4.42. The predicted molar refractivity (Wildman–Crippen MR) is 49.3 cm³/mol. The molecule has 0 aromatic rings. The van der Waals surface area contributed by atoms with Gasteiger partial charge in [-0.2, -0.15) is 0 Å². The Morgan fingerprint density at radius 2 is 1.57 bits per heavy atom. The molecular formula is C8H16N2O4. The van der Waals surface area contributed by atoms with E-state index < -0.39 is 18.0 Å². The average Bonchev–Trinajstić information content (AvgIpc) is 2.02. The molecule has 6 heteroatoms. The van der Waals surface area contributed by atoms with Crippen molar-refractivity contribution < 1.29 is 19.1 Å². The monoisotopic (exact) mass is 204 g/mol. The summed E-state index contributed by atoms with van der Waals surface area (Å²) in [4.78, 5) is 21.2. The Labute approximate surface area is 82.5 Å². The first-order chi connectivity index (χ1) is 6.45. The molecule has 14 heavy (non-hydrogen) atoms. The molecular weight excluding hydrogens is 188 g/mol. The van der Waals surface area contributed by atoms with E-state index in [-0.39, 0.29) is 0 Å². The number of primary amides is 2. The van der Waals surface area contributed by atoms with Crippen LogP contribution in [0.25, 0.3) is 0 Å². The third kappa shape index (κ3) is 3.97. The lowest BCUT2D eigenvalue weighted by atomic mass is 10.1. The number of amides is 2. The lowest BCUT2D eigenvalue weighted by molar-refractivity contribution is -0.165. The smallest absolute Gasteiger partial charge is 0.406 e. The minimum absolute atomic E-state index is 0.312. The minimum Gasteiger partial charge on any atom is -0.406 e. The summed E-state index contributed by atoms with van der Waals surface area (Å²) >= 11 is 0. The molecule has 0 aliphatic carbocycles.